The molecule has 19 heavy (non-hydrogen) atoms. The summed E-state index contributed by atoms with van der Waals surface area (Å²) < 4.78 is 3.95. The number of hydrogen-bond acceptors (Lipinski definition) is 3. The van der Waals surface area contributed by atoms with Crippen molar-refractivity contribution in [3.63, 3.8) is 0 Å². The van der Waals surface area contributed by atoms with Gasteiger partial charge in [0.15, 0.2) is 5.82 Å². The summed E-state index contributed by atoms with van der Waals surface area (Å²) in [5.74, 6) is 0.957. The number of rotatable bonds is 5. The van der Waals surface area contributed by atoms with Crippen LogP contribution in [0, 0.1) is 13.8 Å². The molecule has 0 amide bonds. The van der Waals surface area contributed by atoms with Gasteiger partial charge in [-0.05, 0) is 34.6 Å². The second kappa shape index (κ2) is 5.47. The molecule has 0 saturated carbocycles. The lowest BCUT2D eigenvalue weighted by molar-refractivity contribution is 0.529. The number of nitrogens with zero attached hydrogens (tertiary/aromatic N) is 4. The SMILES string of the molecule is CCn1cc(C)c(NCc2cn(C(C)C)nc2C)n1. The van der Waals surface area contributed by atoms with Gasteiger partial charge in [-0.15, -0.1) is 0 Å². The molecular weight excluding hydrogens is 238 g/mol. The fraction of sp³-hybridized carbons (Fsp3) is 0.571. The van der Waals surface area contributed by atoms with Gasteiger partial charge in [0.25, 0.3) is 0 Å². The predicted octanol–water partition coefficient (Wildman–Crippen LogP) is 2.91. The fourth-order valence-corrected chi connectivity index (χ4v) is 1.99. The molecule has 2 heterocycles. The molecule has 0 saturated heterocycles. The van der Waals surface area contributed by atoms with Gasteiger partial charge in [-0.1, -0.05) is 0 Å². The van der Waals surface area contributed by atoms with Crippen molar-refractivity contribution in [1.82, 2.24) is 19.6 Å². The van der Waals surface area contributed by atoms with E-state index in [-0.39, 0.29) is 0 Å². The number of aryl methyl sites for hydroxylation is 3. The van der Waals surface area contributed by atoms with E-state index in [1.165, 1.54) is 11.1 Å². The summed E-state index contributed by atoms with van der Waals surface area (Å²) in [5, 5.41) is 12.4. The Bertz CT molecular complexity index is 550. The van der Waals surface area contributed by atoms with Crippen molar-refractivity contribution in [2.24, 2.45) is 0 Å². The van der Waals surface area contributed by atoms with Crippen molar-refractivity contribution >= 4 is 5.82 Å². The van der Waals surface area contributed by atoms with Crippen LogP contribution in [0.3, 0.4) is 0 Å². The van der Waals surface area contributed by atoms with Crippen molar-refractivity contribution in [3.05, 3.63) is 29.2 Å². The fourth-order valence-electron chi connectivity index (χ4n) is 1.99. The van der Waals surface area contributed by atoms with E-state index in [9.17, 15) is 0 Å². The molecule has 0 radical (unpaired) electrons. The molecule has 2 aromatic rings. The van der Waals surface area contributed by atoms with Gasteiger partial charge in [-0.2, -0.15) is 10.2 Å². The number of aromatic nitrogens is 4. The quantitative estimate of drug-likeness (QED) is 0.900. The Morgan fingerprint density at radius 1 is 1.21 bits per heavy atom. The molecule has 0 aliphatic rings. The number of anilines is 1. The second-order valence-corrected chi connectivity index (χ2v) is 5.18. The summed E-state index contributed by atoms with van der Waals surface area (Å²) in [7, 11) is 0. The molecule has 104 valence electrons. The van der Waals surface area contributed by atoms with Crippen LogP contribution in [-0.4, -0.2) is 19.6 Å². The molecule has 0 fully saturated rings. The highest BCUT2D eigenvalue weighted by Gasteiger charge is 2.09. The summed E-state index contributed by atoms with van der Waals surface area (Å²) in [6.07, 6.45) is 4.17. The first-order valence-electron chi connectivity index (χ1n) is 6.83. The highest BCUT2D eigenvalue weighted by molar-refractivity contribution is 5.42. The number of nitrogens with one attached hydrogen (secondary N) is 1. The summed E-state index contributed by atoms with van der Waals surface area (Å²) in [6, 6.07) is 0.397. The zero-order valence-electron chi connectivity index (χ0n) is 12.4. The van der Waals surface area contributed by atoms with Crippen LogP contribution in [0.1, 0.15) is 43.6 Å². The van der Waals surface area contributed by atoms with Gasteiger partial charge in [0.1, 0.15) is 0 Å². The van der Waals surface area contributed by atoms with Crippen LogP contribution >= 0.6 is 0 Å². The zero-order chi connectivity index (χ0) is 14.0. The summed E-state index contributed by atoms with van der Waals surface area (Å²) in [5.41, 5.74) is 3.48. The van der Waals surface area contributed by atoms with Crippen molar-refractivity contribution in [3.8, 4) is 0 Å². The Kier molecular flexibility index (Phi) is 3.93. The third kappa shape index (κ3) is 2.97. The molecule has 0 aliphatic heterocycles. The molecule has 0 atom stereocenters. The molecule has 0 bridgehead atoms. The van der Waals surface area contributed by atoms with Gasteiger partial charge in [-0.3, -0.25) is 9.36 Å². The molecule has 0 aliphatic carbocycles. The molecule has 2 aromatic heterocycles. The predicted molar refractivity (Wildman–Crippen MR) is 77.3 cm³/mol. The monoisotopic (exact) mass is 261 g/mol. The van der Waals surface area contributed by atoms with Crippen LogP contribution < -0.4 is 5.32 Å². The highest BCUT2D eigenvalue weighted by Crippen LogP contribution is 2.15. The summed E-state index contributed by atoms with van der Waals surface area (Å²) in [4.78, 5) is 0. The molecule has 0 unspecified atom stereocenters. The molecular formula is C14H23N5. The van der Waals surface area contributed by atoms with Crippen LogP contribution in [0.5, 0.6) is 0 Å². The van der Waals surface area contributed by atoms with Crippen LogP contribution in [-0.2, 0) is 13.1 Å². The first-order valence-corrected chi connectivity index (χ1v) is 6.83. The molecule has 0 spiro atoms. The lowest BCUT2D eigenvalue weighted by Gasteiger charge is -2.04. The number of hydrogen-bond donors (Lipinski definition) is 1. The topological polar surface area (TPSA) is 47.7 Å². The van der Waals surface area contributed by atoms with E-state index in [2.05, 4.69) is 55.6 Å². The Balaban J connectivity index is 2.07. The Morgan fingerprint density at radius 2 is 1.95 bits per heavy atom. The largest absolute Gasteiger partial charge is 0.364 e. The lowest BCUT2D eigenvalue weighted by Crippen LogP contribution is -2.03. The van der Waals surface area contributed by atoms with E-state index in [0.29, 0.717) is 6.04 Å². The van der Waals surface area contributed by atoms with Crippen molar-refractivity contribution in [2.45, 2.75) is 53.8 Å². The van der Waals surface area contributed by atoms with E-state index < -0.39 is 0 Å². The van der Waals surface area contributed by atoms with Crippen LogP contribution in [0.15, 0.2) is 12.4 Å². The molecule has 1 N–H and O–H groups in total. The highest BCUT2D eigenvalue weighted by atomic mass is 15.3. The first kappa shape index (κ1) is 13.6. The van der Waals surface area contributed by atoms with Gasteiger partial charge in [0.2, 0.25) is 0 Å². The smallest absolute Gasteiger partial charge is 0.151 e. The Labute approximate surface area is 114 Å². The summed E-state index contributed by atoms with van der Waals surface area (Å²) >= 11 is 0. The van der Waals surface area contributed by atoms with E-state index in [1.807, 2.05) is 16.3 Å². The zero-order valence-corrected chi connectivity index (χ0v) is 12.4. The minimum absolute atomic E-state index is 0.397. The van der Waals surface area contributed by atoms with E-state index >= 15 is 0 Å². The second-order valence-electron chi connectivity index (χ2n) is 5.18. The maximum Gasteiger partial charge on any atom is 0.151 e. The van der Waals surface area contributed by atoms with Gasteiger partial charge in [-0.25, -0.2) is 0 Å². The van der Waals surface area contributed by atoms with Crippen molar-refractivity contribution < 1.29 is 0 Å². The molecule has 5 nitrogen and oxygen atoms in total. The Hall–Kier alpha value is -1.78. The molecule has 0 aromatic carbocycles. The first-order chi connectivity index (χ1) is 9.01. The van der Waals surface area contributed by atoms with E-state index in [1.54, 1.807) is 0 Å². The van der Waals surface area contributed by atoms with Crippen molar-refractivity contribution in [2.75, 3.05) is 5.32 Å². The van der Waals surface area contributed by atoms with Gasteiger partial charge in [0.05, 0.1) is 5.69 Å². The van der Waals surface area contributed by atoms with Crippen LogP contribution in [0.25, 0.3) is 0 Å². The third-order valence-electron chi connectivity index (χ3n) is 3.26. The minimum Gasteiger partial charge on any atom is -0.364 e. The van der Waals surface area contributed by atoms with Gasteiger partial charge < -0.3 is 5.32 Å². The minimum atomic E-state index is 0.397. The van der Waals surface area contributed by atoms with Gasteiger partial charge >= 0.3 is 0 Å². The Morgan fingerprint density at radius 3 is 2.47 bits per heavy atom. The summed E-state index contributed by atoms with van der Waals surface area (Å²) in [6.45, 7) is 12.1. The average molecular weight is 261 g/mol. The van der Waals surface area contributed by atoms with E-state index in [0.717, 1.165) is 24.6 Å². The van der Waals surface area contributed by atoms with E-state index in [4.69, 9.17) is 0 Å². The molecule has 2 rings (SSSR count). The van der Waals surface area contributed by atoms with Crippen molar-refractivity contribution in [1.29, 1.82) is 0 Å². The lowest BCUT2D eigenvalue weighted by atomic mass is 10.2. The van der Waals surface area contributed by atoms with Crippen LogP contribution in [0.4, 0.5) is 5.82 Å². The maximum atomic E-state index is 4.52. The maximum absolute atomic E-state index is 4.52. The normalized spacial score (nSPS) is 11.3. The van der Waals surface area contributed by atoms with Gasteiger partial charge in [0, 0.05) is 42.7 Å². The standard InChI is InChI=1S/C14H23N5/c1-6-18-8-11(4)14(17-18)15-7-13-9-19(10(2)3)16-12(13)5/h8-10H,6-7H2,1-5H3,(H,15,17). The molecule has 5 heteroatoms. The third-order valence-corrected chi connectivity index (χ3v) is 3.26. The van der Waals surface area contributed by atoms with Crippen LogP contribution in [0.2, 0.25) is 0 Å². The average Bonchev–Trinajstić information content (AvgIpc) is 2.90.